The highest BCUT2D eigenvalue weighted by molar-refractivity contribution is 6.29. The Kier molecular flexibility index (Phi) is 3.96. The molecule has 0 N–H and O–H groups in total. The van der Waals surface area contributed by atoms with Crippen molar-refractivity contribution in [1.82, 2.24) is 0 Å². The monoisotopic (exact) mass is 208 g/mol. The fourth-order valence-electron chi connectivity index (χ4n) is 0.953. The first-order valence-corrected chi connectivity index (χ1v) is 4.61. The van der Waals surface area contributed by atoms with E-state index in [1.807, 2.05) is 6.92 Å². The second-order valence-electron chi connectivity index (χ2n) is 2.97. The second kappa shape index (κ2) is 4.79. The molecule has 0 saturated carbocycles. The molecule has 0 aromatic rings. The van der Waals surface area contributed by atoms with Gasteiger partial charge in [-0.05, 0) is 13.8 Å². The molecule has 0 bridgehead atoms. The zero-order valence-electron chi connectivity index (χ0n) is 7.66. The summed E-state index contributed by atoms with van der Waals surface area (Å²) in [6, 6.07) is 0. The van der Waals surface area contributed by atoms with E-state index in [9.17, 15) is 4.79 Å². The van der Waals surface area contributed by atoms with Gasteiger partial charge < -0.3 is 14.2 Å². The van der Waals surface area contributed by atoms with Gasteiger partial charge in [-0.25, -0.2) is 0 Å². The van der Waals surface area contributed by atoms with Crippen LogP contribution in [0.4, 0.5) is 0 Å². The molecular weight excluding hydrogens is 196 g/mol. The zero-order valence-corrected chi connectivity index (χ0v) is 8.41. The highest BCUT2D eigenvalue weighted by Gasteiger charge is 2.24. The van der Waals surface area contributed by atoms with E-state index in [1.165, 1.54) is 0 Å². The van der Waals surface area contributed by atoms with Crippen LogP contribution in [0.15, 0.2) is 0 Å². The Balaban J connectivity index is 2.31. The van der Waals surface area contributed by atoms with Gasteiger partial charge in [-0.2, -0.15) is 0 Å². The minimum atomic E-state index is -0.652. The van der Waals surface area contributed by atoms with Gasteiger partial charge in [0, 0.05) is 0 Å². The molecular formula is C8H13ClO4. The lowest BCUT2D eigenvalue weighted by Crippen LogP contribution is -2.38. The smallest absolute Gasteiger partial charge is 0.326 e. The van der Waals surface area contributed by atoms with Gasteiger partial charge in [0.15, 0.2) is 0 Å². The van der Waals surface area contributed by atoms with Crippen LogP contribution in [0.25, 0.3) is 0 Å². The maximum Gasteiger partial charge on any atom is 0.326 e. The van der Waals surface area contributed by atoms with Crippen molar-refractivity contribution in [3.63, 3.8) is 0 Å². The lowest BCUT2D eigenvalue weighted by atomic mass is 10.4. The first-order chi connectivity index (χ1) is 6.09. The molecule has 1 fully saturated rings. The third-order valence-corrected chi connectivity index (χ3v) is 1.74. The van der Waals surface area contributed by atoms with Gasteiger partial charge in [-0.3, -0.25) is 4.79 Å². The Bertz CT molecular complexity index is 183. The summed E-state index contributed by atoms with van der Waals surface area (Å²) in [4.78, 5) is 11.0. The van der Waals surface area contributed by atoms with Crippen molar-refractivity contribution in [2.75, 3.05) is 13.2 Å². The van der Waals surface area contributed by atoms with E-state index < -0.39 is 17.6 Å². The quantitative estimate of drug-likeness (QED) is 0.500. The first-order valence-electron chi connectivity index (χ1n) is 4.17. The molecule has 13 heavy (non-hydrogen) atoms. The minimum Gasteiger partial charge on any atom is -0.432 e. The van der Waals surface area contributed by atoms with Crippen LogP contribution in [0.5, 0.6) is 0 Å². The molecule has 5 heteroatoms. The number of hydrogen-bond acceptors (Lipinski definition) is 4. The van der Waals surface area contributed by atoms with Gasteiger partial charge >= 0.3 is 5.97 Å². The van der Waals surface area contributed by atoms with Gasteiger partial charge in [0.25, 0.3) is 0 Å². The van der Waals surface area contributed by atoms with E-state index in [0.29, 0.717) is 6.61 Å². The number of carbonyl (C=O) groups is 1. The van der Waals surface area contributed by atoms with E-state index in [2.05, 4.69) is 0 Å². The summed E-state index contributed by atoms with van der Waals surface area (Å²) in [5, 5.41) is -0.652. The van der Waals surface area contributed by atoms with Crippen molar-refractivity contribution >= 4 is 17.6 Å². The van der Waals surface area contributed by atoms with Gasteiger partial charge in [-0.1, -0.05) is 0 Å². The molecule has 0 aliphatic carbocycles. The lowest BCUT2D eigenvalue weighted by Gasteiger charge is -2.27. The average molecular weight is 209 g/mol. The van der Waals surface area contributed by atoms with Crippen molar-refractivity contribution in [2.45, 2.75) is 31.6 Å². The van der Waals surface area contributed by atoms with Crippen LogP contribution < -0.4 is 0 Å². The molecule has 1 heterocycles. The molecule has 76 valence electrons. The number of carbonyl (C=O) groups excluding carboxylic acids is 1. The third-order valence-electron chi connectivity index (χ3n) is 1.56. The maximum atomic E-state index is 11.0. The first kappa shape index (κ1) is 10.8. The summed E-state index contributed by atoms with van der Waals surface area (Å²) < 4.78 is 15.3. The number of alkyl halides is 1. The molecule has 0 aromatic heterocycles. The van der Waals surface area contributed by atoms with Crippen molar-refractivity contribution in [1.29, 1.82) is 0 Å². The predicted molar refractivity (Wildman–Crippen MR) is 46.6 cm³/mol. The van der Waals surface area contributed by atoms with Crippen LogP contribution in [0, 0.1) is 0 Å². The number of rotatable bonds is 2. The molecule has 1 saturated heterocycles. The summed E-state index contributed by atoms with van der Waals surface area (Å²) in [5.41, 5.74) is 0. The fraction of sp³-hybridized carbons (Fsp3) is 0.875. The van der Waals surface area contributed by atoms with E-state index in [-0.39, 0.29) is 12.7 Å². The van der Waals surface area contributed by atoms with E-state index >= 15 is 0 Å². The number of hydrogen-bond donors (Lipinski definition) is 0. The van der Waals surface area contributed by atoms with Crippen LogP contribution >= 0.6 is 11.6 Å². The number of halogens is 1. The number of ether oxygens (including phenoxy) is 3. The highest BCUT2D eigenvalue weighted by Crippen LogP contribution is 2.10. The summed E-state index contributed by atoms with van der Waals surface area (Å²) in [6.07, 6.45) is -0.658. The Labute approximate surface area is 82.1 Å². The Hall–Kier alpha value is -0.320. The van der Waals surface area contributed by atoms with E-state index in [4.69, 9.17) is 25.8 Å². The molecule has 3 unspecified atom stereocenters. The summed E-state index contributed by atoms with van der Waals surface area (Å²) in [6.45, 7) is 4.21. The largest absolute Gasteiger partial charge is 0.432 e. The highest BCUT2D eigenvalue weighted by atomic mass is 35.5. The SMILES string of the molecule is CC1COCC(OC(=O)C(C)Cl)O1. The molecule has 0 amide bonds. The molecule has 1 rings (SSSR count). The normalized spacial score (nSPS) is 31.0. The standard InChI is InChI=1S/C8H13ClO4/c1-5-3-11-4-7(12-5)13-8(10)6(2)9/h5-7H,3-4H2,1-2H3. The molecule has 1 aliphatic rings. The van der Waals surface area contributed by atoms with Crippen LogP contribution in [-0.2, 0) is 19.0 Å². The minimum absolute atomic E-state index is 0.0443. The van der Waals surface area contributed by atoms with Gasteiger partial charge in [0.05, 0.1) is 12.7 Å². The topological polar surface area (TPSA) is 44.8 Å². The zero-order chi connectivity index (χ0) is 9.84. The van der Waals surface area contributed by atoms with Gasteiger partial charge in [0.1, 0.15) is 12.0 Å². The molecule has 3 atom stereocenters. The predicted octanol–water partition coefficient (Wildman–Crippen LogP) is 0.918. The van der Waals surface area contributed by atoms with Crippen LogP contribution in [0.3, 0.4) is 0 Å². The van der Waals surface area contributed by atoms with Gasteiger partial charge in [0.2, 0.25) is 6.29 Å². The van der Waals surface area contributed by atoms with Crippen molar-refractivity contribution in [3.05, 3.63) is 0 Å². The summed E-state index contributed by atoms with van der Waals surface area (Å²) in [7, 11) is 0. The maximum absolute atomic E-state index is 11.0. The van der Waals surface area contributed by atoms with Crippen molar-refractivity contribution < 1.29 is 19.0 Å². The van der Waals surface area contributed by atoms with E-state index in [0.717, 1.165) is 0 Å². The Morgan fingerprint density at radius 2 is 2.31 bits per heavy atom. The fourth-order valence-corrected chi connectivity index (χ4v) is 1.00. The third kappa shape index (κ3) is 3.50. The summed E-state index contributed by atoms with van der Waals surface area (Å²) in [5.74, 6) is -0.482. The Morgan fingerprint density at radius 1 is 1.62 bits per heavy atom. The summed E-state index contributed by atoms with van der Waals surface area (Å²) >= 11 is 5.51. The average Bonchev–Trinajstić information content (AvgIpc) is 2.04. The number of esters is 1. The van der Waals surface area contributed by atoms with Gasteiger partial charge in [-0.15, -0.1) is 11.6 Å². The molecule has 0 spiro atoms. The lowest BCUT2D eigenvalue weighted by molar-refractivity contribution is -0.233. The second-order valence-corrected chi connectivity index (χ2v) is 3.62. The molecule has 0 radical (unpaired) electrons. The van der Waals surface area contributed by atoms with Crippen LogP contribution in [0.1, 0.15) is 13.8 Å². The molecule has 1 aliphatic heterocycles. The van der Waals surface area contributed by atoms with E-state index in [1.54, 1.807) is 6.92 Å². The van der Waals surface area contributed by atoms with Crippen molar-refractivity contribution in [3.8, 4) is 0 Å². The molecule has 4 nitrogen and oxygen atoms in total. The van der Waals surface area contributed by atoms with Crippen LogP contribution in [-0.4, -0.2) is 37.0 Å². The van der Waals surface area contributed by atoms with Crippen LogP contribution in [0.2, 0.25) is 0 Å². The van der Waals surface area contributed by atoms with Crippen molar-refractivity contribution in [2.24, 2.45) is 0 Å². The Morgan fingerprint density at radius 3 is 2.85 bits per heavy atom. The molecule has 0 aromatic carbocycles.